The molecule has 0 saturated carbocycles. The Hall–Kier alpha value is -1.34. The van der Waals surface area contributed by atoms with Crippen molar-refractivity contribution in [3.8, 4) is 0 Å². The van der Waals surface area contributed by atoms with Crippen molar-refractivity contribution in [3.63, 3.8) is 0 Å². The molecule has 0 bridgehead atoms. The van der Waals surface area contributed by atoms with E-state index in [0.717, 1.165) is 0 Å². The van der Waals surface area contributed by atoms with Gasteiger partial charge in [0.15, 0.2) is 0 Å². The molecule has 0 atom stereocenters. The fourth-order valence-electron chi connectivity index (χ4n) is 1.75. The molecule has 2 rings (SSSR count). The quantitative estimate of drug-likeness (QED) is 0.873. The largest absolute Gasteiger partial charge is 0.316 e. The highest BCUT2D eigenvalue weighted by molar-refractivity contribution is 7.92. The molecule has 0 fully saturated rings. The molecule has 1 aromatic heterocycles. The molecule has 5 nitrogen and oxygen atoms in total. The number of aromatic nitrogens is 1. The predicted molar refractivity (Wildman–Crippen MR) is 84.3 cm³/mol. The average molecular weight is 346 g/mol. The van der Waals surface area contributed by atoms with E-state index in [-0.39, 0.29) is 15.7 Å². The van der Waals surface area contributed by atoms with E-state index in [2.05, 4.69) is 15.0 Å². The van der Waals surface area contributed by atoms with E-state index in [9.17, 15) is 8.42 Å². The van der Waals surface area contributed by atoms with E-state index in [1.165, 1.54) is 12.3 Å². The highest BCUT2D eigenvalue weighted by atomic mass is 35.5. The number of anilines is 1. The van der Waals surface area contributed by atoms with E-state index >= 15 is 0 Å². The molecule has 1 heterocycles. The first-order chi connectivity index (χ1) is 9.94. The van der Waals surface area contributed by atoms with Gasteiger partial charge in [-0.25, -0.2) is 13.4 Å². The molecule has 0 saturated heterocycles. The molecule has 2 aromatic rings. The van der Waals surface area contributed by atoms with Gasteiger partial charge < -0.3 is 5.32 Å². The summed E-state index contributed by atoms with van der Waals surface area (Å²) >= 11 is 12.1. The Morgan fingerprint density at radius 2 is 2.00 bits per heavy atom. The fourth-order valence-corrected chi connectivity index (χ4v) is 3.69. The minimum atomic E-state index is -3.86. The van der Waals surface area contributed by atoms with Crippen molar-refractivity contribution in [1.29, 1.82) is 0 Å². The normalized spacial score (nSPS) is 11.4. The number of pyridine rings is 1. The second-order valence-electron chi connectivity index (χ2n) is 4.23. The summed E-state index contributed by atoms with van der Waals surface area (Å²) in [7, 11) is -2.13. The van der Waals surface area contributed by atoms with Crippen LogP contribution in [0.15, 0.2) is 41.4 Å². The summed E-state index contributed by atoms with van der Waals surface area (Å²) in [5, 5.41) is 3.34. The molecule has 8 heteroatoms. The van der Waals surface area contributed by atoms with Gasteiger partial charge in [-0.15, -0.1) is 0 Å². The maximum atomic E-state index is 12.4. The first-order valence-corrected chi connectivity index (χ1v) is 8.24. The van der Waals surface area contributed by atoms with Crippen LogP contribution in [0, 0.1) is 0 Å². The van der Waals surface area contributed by atoms with E-state index in [4.69, 9.17) is 23.2 Å². The number of nitrogens with one attached hydrogen (secondary N) is 2. The lowest BCUT2D eigenvalue weighted by atomic mass is 10.2. The van der Waals surface area contributed by atoms with Crippen LogP contribution >= 0.6 is 23.2 Å². The number of hydrogen-bond donors (Lipinski definition) is 2. The molecular formula is C13H13Cl2N3O2S. The molecule has 0 radical (unpaired) electrons. The molecule has 0 aliphatic carbocycles. The van der Waals surface area contributed by atoms with Crippen LogP contribution in [0.1, 0.15) is 5.56 Å². The van der Waals surface area contributed by atoms with Crippen LogP contribution in [0.2, 0.25) is 10.0 Å². The second kappa shape index (κ2) is 6.62. The van der Waals surface area contributed by atoms with Crippen LogP contribution in [0.5, 0.6) is 0 Å². The standard InChI is InChI=1S/C13H13Cl2N3O2S/c1-16-8-9-6-10(14)7-11(13(9)15)21(19,20)18-12-4-2-3-5-17-12/h2-7,16H,8H2,1H3,(H,17,18). The lowest BCUT2D eigenvalue weighted by Crippen LogP contribution is -2.16. The Balaban J connectivity index is 2.45. The van der Waals surface area contributed by atoms with Crippen LogP contribution in [0.25, 0.3) is 0 Å². The Bertz CT molecular complexity index is 737. The van der Waals surface area contributed by atoms with Gasteiger partial charge in [-0.2, -0.15) is 0 Å². The van der Waals surface area contributed by atoms with Crippen LogP contribution in [0.3, 0.4) is 0 Å². The van der Waals surface area contributed by atoms with Gasteiger partial charge in [0, 0.05) is 17.8 Å². The van der Waals surface area contributed by atoms with Crippen LogP contribution in [-0.4, -0.2) is 20.4 Å². The van der Waals surface area contributed by atoms with Gasteiger partial charge in [-0.3, -0.25) is 4.72 Å². The highest BCUT2D eigenvalue weighted by Crippen LogP contribution is 2.30. The van der Waals surface area contributed by atoms with Crippen molar-refractivity contribution in [1.82, 2.24) is 10.3 Å². The smallest absolute Gasteiger partial charge is 0.264 e. The predicted octanol–water partition coefficient (Wildman–Crippen LogP) is 2.91. The molecule has 0 aliphatic rings. The SMILES string of the molecule is CNCc1cc(Cl)cc(S(=O)(=O)Nc2ccccn2)c1Cl. The number of sulfonamides is 1. The molecule has 0 spiro atoms. The summed E-state index contributed by atoms with van der Waals surface area (Å²) in [4.78, 5) is 3.85. The molecule has 112 valence electrons. The third-order valence-corrected chi connectivity index (χ3v) is 4.80. The minimum absolute atomic E-state index is 0.0763. The van der Waals surface area contributed by atoms with E-state index in [1.54, 1.807) is 31.3 Å². The van der Waals surface area contributed by atoms with Crippen molar-refractivity contribution in [2.45, 2.75) is 11.4 Å². The number of nitrogens with zero attached hydrogens (tertiary/aromatic N) is 1. The van der Waals surface area contributed by atoms with Crippen LogP contribution in [-0.2, 0) is 16.6 Å². The van der Waals surface area contributed by atoms with Crippen molar-refractivity contribution in [2.75, 3.05) is 11.8 Å². The van der Waals surface area contributed by atoms with Crippen molar-refractivity contribution in [2.24, 2.45) is 0 Å². The van der Waals surface area contributed by atoms with E-state index in [1.807, 2.05) is 0 Å². The molecule has 0 amide bonds. The fraction of sp³-hybridized carbons (Fsp3) is 0.154. The van der Waals surface area contributed by atoms with Crippen LogP contribution in [0.4, 0.5) is 5.82 Å². The molecule has 21 heavy (non-hydrogen) atoms. The monoisotopic (exact) mass is 345 g/mol. The first kappa shape index (κ1) is 16.0. The average Bonchev–Trinajstić information content (AvgIpc) is 2.43. The lowest BCUT2D eigenvalue weighted by molar-refractivity contribution is 0.601. The van der Waals surface area contributed by atoms with Gasteiger partial charge >= 0.3 is 0 Å². The highest BCUT2D eigenvalue weighted by Gasteiger charge is 2.21. The minimum Gasteiger partial charge on any atom is -0.316 e. The van der Waals surface area contributed by atoms with Crippen molar-refractivity contribution < 1.29 is 8.42 Å². The number of benzene rings is 1. The maximum Gasteiger partial charge on any atom is 0.264 e. The number of halogens is 2. The zero-order valence-corrected chi connectivity index (χ0v) is 13.4. The van der Waals surface area contributed by atoms with Gasteiger partial charge in [0.1, 0.15) is 10.7 Å². The lowest BCUT2D eigenvalue weighted by Gasteiger charge is -2.12. The van der Waals surface area contributed by atoms with Crippen LogP contribution < -0.4 is 10.0 Å². The second-order valence-corrected chi connectivity index (χ2v) is 6.69. The zero-order chi connectivity index (χ0) is 15.5. The molecule has 2 N–H and O–H groups in total. The third-order valence-electron chi connectivity index (χ3n) is 2.64. The van der Waals surface area contributed by atoms with Gasteiger partial charge in [0.2, 0.25) is 0 Å². The number of hydrogen-bond acceptors (Lipinski definition) is 4. The summed E-state index contributed by atoms with van der Waals surface area (Å²) < 4.78 is 27.2. The Kier molecular flexibility index (Phi) is 5.05. The summed E-state index contributed by atoms with van der Waals surface area (Å²) in [6.45, 7) is 0.408. The molecular weight excluding hydrogens is 333 g/mol. The summed E-state index contributed by atoms with van der Waals surface area (Å²) in [5.41, 5.74) is 0.605. The zero-order valence-electron chi connectivity index (χ0n) is 11.1. The summed E-state index contributed by atoms with van der Waals surface area (Å²) in [5.74, 6) is 0.212. The van der Waals surface area contributed by atoms with E-state index in [0.29, 0.717) is 17.1 Å². The Labute approximate surface area is 133 Å². The molecule has 0 unspecified atom stereocenters. The van der Waals surface area contributed by atoms with Crippen molar-refractivity contribution in [3.05, 3.63) is 52.1 Å². The van der Waals surface area contributed by atoms with Gasteiger partial charge in [-0.05, 0) is 36.9 Å². The maximum absolute atomic E-state index is 12.4. The van der Waals surface area contributed by atoms with Gasteiger partial charge in [-0.1, -0.05) is 29.3 Å². The third kappa shape index (κ3) is 3.85. The van der Waals surface area contributed by atoms with E-state index < -0.39 is 10.0 Å². The number of rotatable bonds is 5. The Morgan fingerprint density at radius 1 is 1.24 bits per heavy atom. The van der Waals surface area contributed by atoms with Gasteiger partial charge in [0.25, 0.3) is 10.0 Å². The Morgan fingerprint density at radius 3 is 2.62 bits per heavy atom. The van der Waals surface area contributed by atoms with Crippen molar-refractivity contribution >= 4 is 39.0 Å². The topological polar surface area (TPSA) is 71.1 Å². The molecule has 1 aromatic carbocycles. The summed E-state index contributed by atoms with van der Waals surface area (Å²) in [6.07, 6.45) is 1.49. The molecule has 0 aliphatic heterocycles. The summed E-state index contributed by atoms with van der Waals surface area (Å²) in [6, 6.07) is 7.85. The first-order valence-electron chi connectivity index (χ1n) is 6.00. The van der Waals surface area contributed by atoms with Gasteiger partial charge in [0.05, 0.1) is 5.02 Å².